The Balaban J connectivity index is 2.11. The first-order chi connectivity index (χ1) is 7.75. The van der Waals surface area contributed by atoms with Crippen molar-refractivity contribution in [1.29, 1.82) is 0 Å². The lowest BCUT2D eigenvalue weighted by Crippen LogP contribution is -1.90. The van der Waals surface area contributed by atoms with Gasteiger partial charge in [-0.3, -0.25) is 0 Å². The number of hydrogen-bond acceptors (Lipinski definition) is 4. The van der Waals surface area contributed by atoms with E-state index in [0.717, 1.165) is 15.6 Å². The molecule has 0 radical (unpaired) electrons. The van der Waals surface area contributed by atoms with Gasteiger partial charge in [-0.15, -0.1) is 0 Å². The lowest BCUT2D eigenvalue weighted by atomic mass is 10.1. The van der Waals surface area contributed by atoms with Crippen LogP contribution in [0.2, 0.25) is 0 Å². The minimum atomic E-state index is -0.424. The Morgan fingerprint density at radius 2 is 1.75 bits per heavy atom. The molecule has 0 aliphatic rings. The zero-order valence-electron chi connectivity index (χ0n) is 8.87. The monoisotopic (exact) mass is 232 g/mol. The van der Waals surface area contributed by atoms with Crippen molar-refractivity contribution in [3.8, 4) is 0 Å². The van der Waals surface area contributed by atoms with E-state index in [2.05, 4.69) is 9.97 Å². The summed E-state index contributed by atoms with van der Waals surface area (Å²) in [4.78, 5) is 9.33. The molecule has 0 aliphatic heterocycles. The molecule has 0 amide bonds. The Labute approximate surface area is 98.6 Å². The van der Waals surface area contributed by atoms with Gasteiger partial charge in [-0.05, 0) is 42.4 Å². The van der Waals surface area contributed by atoms with Crippen LogP contribution in [0, 0.1) is 0 Å². The predicted molar refractivity (Wildman–Crippen MR) is 63.2 cm³/mol. The minimum absolute atomic E-state index is 0.424. The Bertz CT molecular complexity index is 442. The van der Waals surface area contributed by atoms with Gasteiger partial charge in [0.25, 0.3) is 0 Å². The van der Waals surface area contributed by atoms with Crippen molar-refractivity contribution in [3.05, 3.63) is 48.3 Å². The van der Waals surface area contributed by atoms with Gasteiger partial charge >= 0.3 is 0 Å². The third-order valence-corrected chi connectivity index (χ3v) is 3.01. The third kappa shape index (κ3) is 2.81. The van der Waals surface area contributed by atoms with E-state index < -0.39 is 6.10 Å². The molecule has 1 atom stereocenters. The van der Waals surface area contributed by atoms with Gasteiger partial charge < -0.3 is 5.11 Å². The van der Waals surface area contributed by atoms with Gasteiger partial charge in [0.05, 0.1) is 6.10 Å². The quantitative estimate of drug-likeness (QED) is 0.826. The Kier molecular flexibility index (Phi) is 3.54. The van der Waals surface area contributed by atoms with Gasteiger partial charge in [0, 0.05) is 17.3 Å². The van der Waals surface area contributed by atoms with Gasteiger partial charge in [-0.2, -0.15) is 0 Å². The van der Waals surface area contributed by atoms with Crippen molar-refractivity contribution >= 4 is 11.8 Å². The Hall–Kier alpha value is -1.39. The molecule has 1 N–H and O–H groups in total. The molecule has 0 unspecified atom stereocenters. The van der Waals surface area contributed by atoms with Gasteiger partial charge in [0.2, 0.25) is 0 Å². The number of aliphatic hydroxyl groups is 1. The highest BCUT2D eigenvalue weighted by molar-refractivity contribution is 7.99. The van der Waals surface area contributed by atoms with E-state index in [0.29, 0.717) is 0 Å². The van der Waals surface area contributed by atoms with Gasteiger partial charge in [-0.25, -0.2) is 9.97 Å². The summed E-state index contributed by atoms with van der Waals surface area (Å²) in [5.41, 5.74) is 0.915. The van der Waals surface area contributed by atoms with Crippen molar-refractivity contribution < 1.29 is 5.11 Å². The third-order valence-electron chi connectivity index (χ3n) is 2.11. The Morgan fingerprint density at radius 1 is 1.12 bits per heavy atom. The smallest absolute Gasteiger partial charge is 0.192 e. The maximum Gasteiger partial charge on any atom is 0.192 e. The van der Waals surface area contributed by atoms with Gasteiger partial charge in [0.1, 0.15) is 0 Å². The standard InChI is InChI=1S/C12H12N2OS/c1-9(15)10-3-5-11(6-4-10)16-12-13-7-2-8-14-12/h2-9,15H,1H3/t9-/m1/s1. The van der Waals surface area contributed by atoms with E-state index in [1.807, 2.05) is 24.3 Å². The topological polar surface area (TPSA) is 46.0 Å². The van der Waals surface area contributed by atoms with E-state index in [4.69, 9.17) is 0 Å². The molecule has 0 saturated carbocycles. The van der Waals surface area contributed by atoms with Crippen molar-refractivity contribution in [2.45, 2.75) is 23.1 Å². The normalized spacial score (nSPS) is 12.4. The van der Waals surface area contributed by atoms with Crippen molar-refractivity contribution in [2.24, 2.45) is 0 Å². The van der Waals surface area contributed by atoms with E-state index >= 15 is 0 Å². The lowest BCUT2D eigenvalue weighted by molar-refractivity contribution is 0.199. The number of hydrogen-bond donors (Lipinski definition) is 1. The van der Waals surface area contributed by atoms with Crippen LogP contribution >= 0.6 is 11.8 Å². The molecular weight excluding hydrogens is 220 g/mol. The van der Waals surface area contributed by atoms with Crippen molar-refractivity contribution in [1.82, 2.24) is 9.97 Å². The molecular formula is C12H12N2OS. The summed E-state index contributed by atoms with van der Waals surface area (Å²) >= 11 is 1.50. The van der Waals surface area contributed by atoms with Crippen LogP contribution in [0.4, 0.5) is 0 Å². The van der Waals surface area contributed by atoms with Crippen LogP contribution in [-0.4, -0.2) is 15.1 Å². The summed E-state index contributed by atoms with van der Waals surface area (Å²) in [5.74, 6) is 0. The molecule has 1 aromatic carbocycles. The fourth-order valence-corrected chi connectivity index (χ4v) is 1.97. The predicted octanol–water partition coefficient (Wildman–Crippen LogP) is 2.68. The number of aliphatic hydroxyl groups excluding tert-OH is 1. The van der Waals surface area contributed by atoms with Crippen LogP contribution in [0.25, 0.3) is 0 Å². The summed E-state index contributed by atoms with van der Waals surface area (Å²) in [7, 11) is 0. The zero-order valence-corrected chi connectivity index (χ0v) is 9.69. The average Bonchev–Trinajstić information content (AvgIpc) is 2.31. The SMILES string of the molecule is C[C@@H](O)c1ccc(Sc2ncccn2)cc1. The molecule has 1 heterocycles. The van der Waals surface area contributed by atoms with Crippen LogP contribution in [0.15, 0.2) is 52.8 Å². The molecule has 2 aromatic rings. The summed E-state index contributed by atoms with van der Waals surface area (Å²) in [6.07, 6.45) is 3.02. The first kappa shape index (κ1) is 11.1. The second-order valence-electron chi connectivity index (χ2n) is 3.38. The zero-order chi connectivity index (χ0) is 11.4. The van der Waals surface area contributed by atoms with E-state index in [9.17, 15) is 5.11 Å². The molecule has 0 spiro atoms. The number of aromatic nitrogens is 2. The van der Waals surface area contributed by atoms with Crippen LogP contribution in [0.5, 0.6) is 0 Å². The highest BCUT2D eigenvalue weighted by Crippen LogP contribution is 2.25. The average molecular weight is 232 g/mol. The van der Waals surface area contributed by atoms with Crippen LogP contribution < -0.4 is 0 Å². The summed E-state index contributed by atoms with van der Waals surface area (Å²) in [6, 6.07) is 9.54. The second kappa shape index (κ2) is 5.09. The number of rotatable bonds is 3. The molecule has 0 saturated heterocycles. The Morgan fingerprint density at radius 3 is 2.31 bits per heavy atom. The molecule has 4 heteroatoms. The van der Waals surface area contributed by atoms with E-state index in [-0.39, 0.29) is 0 Å². The minimum Gasteiger partial charge on any atom is -0.389 e. The largest absolute Gasteiger partial charge is 0.389 e. The highest BCUT2D eigenvalue weighted by atomic mass is 32.2. The number of nitrogens with zero attached hydrogens (tertiary/aromatic N) is 2. The van der Waals surface area contributed by atoms with E-state index in [1.54, 1.807) is 25.4 Å². The fraction of sp³-hybridized carbons (Fsp3) is 0.167. The molecule has 16 heavy (non-hydrogen) atoms. The summed E-state index contributed by atoms with van der Waals surface area (Å²) in [6.45, 7) is 1.75. The maximum atomic E-state index is 9.37. The van der Waals surface area contributed by atoms with Crippen LogP contribution in [0.1, 0.15) is 18.6 Å². The molecule has 0 fully saturated rings. The summed E-state index contributed by atoms with van der Waals surface area (Å²) < 4.78 is 0. The summed E-state index contributed by atoms with van der Waals surface area (Å²) in [5, 5.41) is 10.1. The molecule has 0 aliphatic carbocycles. The molecule has 2 rings (SSSR count). The van der Waals surface area contributed by atoms with Crippen LogP contribution in [-0.2, 0) is 0 Å². The lowest BCUT2D eigenvalue weighted by Gasteiger charge is -2.05. The van der Waals surface area contributed by atoms with Crippen LogP contribution in [0.3, 0.4) is 0 Å². The first-order valence-electron chi connectivity index (χ1n) is 4.98. The maximum absolute atomic E-state index is 9.37. The van der Waals surface area contributed by atoms with Crippen molar-refractivity contribution in [3.63, 3.8) is 0 Å². The molecule has 1 aromatic heterocycles. The van der Waals surface area contributed by atoms with Crippen molar-refractivity contribution in [2.75, 3.05) is 0 Å². The fourth-order valence-electron chi connectivity index (χ4n) is 1.26. The molecule has 3 nitrogen and oxygen atoms in total. The molecule has 82 valence electrons. The van der Waals surface area contributed by atoms with E-state index in [1.165, 1.54) is 11.8 Å². The second-order valence-corrected chi connectivity index (χ2v) is 4.42. The first-order valence-corrected chi connectivity index (χ1v) is 5.80. The molecule has 0 bridgehead atoms. The number of benzene rings is 1. The van der Waals surface area contributed by atoms with Gasteiger partial charge in [-0.1, -0.05) is 12.1 Å². The highest BCUT2D eigenvalue weighted by Gasteiger charge is 2.02. The van der Waals surface area contributed by atoms with Gasteiger partial charge in [0.15, 0.2) is 5.16 Å².